The number of phosphoric acid groups is 1. The summed E-state index contributed by atoms with van der Waals surface area (Å²) < 4.78 is 58.3. The van der Waals surface area contributed by atoms with Crippen LogP contribution in [0.2, 0.25) is 0 Å². The number of H-pyrrole nitrogens is 1. The first kappa shape index (κ1) is 31.2. The summed E-state index contributed by atoms with van der Waals surface area (Å²) in [6, 6.07) is 0.848. The Hall–Kier alpha value is -2.86. The Balaban J connectivity index is 2.98. The van der Waals surface area contributed by atoms with Crippen LogP contribution in [0.5, 0.6) is 0 Å². The molecule has 4 atom stereocenters. The Labute approximate surface area is 201 Å². The molecule has 0 spiro atoms. The summed E-state index contributed by atoms with van der Waals surface area (Å²) in [7, 11) is -2.86. The molecule has 4 N–H and O–H groups in total. The molecule has 0 unspecified atom stereocenters. The van der Waals surface area contributed by atoms with Crippen molar-refractivity contribution in [3.63, 3.8) is 0 Å². The number of hydrogen-bond acceptors (Lipinski definition) is 15. The summed E-state index contributed by atoms with van der Waals surface area (Å²) in [4.78, 5) is 46.9. The van der Waals surface area contributed by atoms with Crippen LogP contribution in [0.15, 0.2) is 21.9 Å². The van der Waals surface area contributed by atoms with Gasteiger partial charge in [-0.15, -0.1) is 0 Å². The van der Waals surface area contributed by atoms with E-state index >= 15 is 0 Å². The number of aromatic nitrogens is 2. The molecule has 0 fully saturated rings. The molecular formula is C17H26FN2O15P. The van der Waals surface area contributed by atoms with Crippen LogP contribution in [0.25, 0.3) is 0 Å². The number of phosphoric ester groups is 1. The second-order valence-electron chi connectivity index (χ2n) is 6.91. The Morgan fingerprint density at radius 3 is 2.08 bits per heavy atom. The maximum Gasteiger partial charge on any atom is 0.510 e. The summed E-state index contributed by atoms with van der Waals surface area (Å²) in [5.74, 6) is -1.73. The Morgan fingerprint density at radius 1 is 1.11 bits per heavy atom. The number of rotatable bonds is 14. The summed E-state index contributed by atoms with van der Waals surface area (Å²) >= 11 is 0. The van der Waals surface area contributed by atoms with E-state index in [0.29, 0.717) is 4.57 Å². The number of methoxy groups -OCH3 is 2. The van der Waals surface area contributed by atoms with Gasteiger partial charge in [-0.2, -0.15) is 0 Å². The van der Waals surface area contributed by atoms with E-state index in [0.717, 1.165) is 33.4 Å². The van der Waals surface area contributed by atoms with Gasteiger partial charge in [0.05, 0.1) is 33.6 Å². The summed E-state index contributed by atoms with van der Waals surface area (Å²) in [6.45, 7) is -3.70. The average molecular weight is 548 g/mol. The zero-order chi connectivity index (χ0) is 27.5. The molecule has 0 bridgehead atoms. The minimum Gasteiger partial charge on any atom is -0.438 e. The van der Waals surface area contributed by atoms with E-state index in [1.54, 1.807) is 0 Å². The third kappa shape index (κ3) is 8.98. The van der Waals surface area contributed by atoms with E-state index in [1.807, 2.05) is 4.98 Å². The molecule has 0 aromatic carbocycles. The first-order valence-electron chi connectivity index (χ1n) is 9.72. The van der Waals surface area contributed by atoms with Crippen molar-refractivity contribution in [3.05, 3.63) is 33.1 Å². The largest absolute Gasteiger partial charge is 0.510 e. The van der Waals surface area contributed by atoms with Gasteiger partial charge in [0.2, 0.25) is 13.6 Å². The molecule has 0 saturated heterocycles. The van der Waals surface area contributed by atoms with E-state index in [9.17, 15) is 43.5 Å². The van der Waals surface area contributed by atoms with Crippen LogP contribution in [0.3, 0.4) is 0 Å². The average Bonchev–Trinajstić information content (AvgIpc) is 2.83. The molecule has 0 amide bonds. The monoisotopic (exact) mass is 548 g/mol. The molecule has 0 aliphatic rings. The molecule has 1 heterocycles. The standard InChI is InChI=1S/C17H26FN2O15P/c1-17(27,13(23)20-5-4-11(21)19-14(20)24)12(22)10(6-18)7-33-36(28,34-8-31-15(25)29-2)35-9-32-16(26)30-3/h4-5,10,12-13,22-23,27H,6-9H2,1-3H3,(H,19,21,24)/t10-,12+,13+,17+/m0/s1. The van der Waals surface area contributed by atoms with Crippen LogP contribution in [-0.2, 0) is 37.1 Å². The first-order valence-corrected chi connectivity index (χ1v) is 11.2. The van der Waals surface area contributed by atoms with Crippen molar-refractivity contribution < 1.29 is 66.4 Å². The van der Waals surface area contributed by atoms with Gasteiger partial charge in [-0.1, -0.05) is 0 Å². The smallest absolute Gasteiger partial charge is 0.438 e. The second-order valence-corrected chi connectivity index (χ2v) is 8.58. The van der Waals surface area contributed by atoms with Crippen molar-refractivity contribution in [1.29, 1.82) is 0 Å². The van der Waals surface area contributed by atoms with Crippen molar-refractivity contribution in [2.24, 2.45) is 5.92 Å². The normalized spacial score (nSPS) is 15.8. The minimum absolute atomic E-state index is 0.464. The van der Waals surface area contributed by atoms with Crippen LogP contribution in [-0.4, -0.2) is 90.0 Å². The molecule has 1 rings (SSSR count). The number of carbonyl (C=O) groups is 2. The van der Waals surface area contributed by atoms with Gasteiger partial charge in [-0.3, -0.25) is 23.3 Å². The number of aromatic amines is 1. The third-order valence-electron chi connectivity index (χ3n) is 4.44. The Bertz CT molecular complexity index is 1000. The topological polar surface area (TPSA) is 231 Å². The highest BCUT2D eigenvalue weighted by Gasteiger charge is 2.45. The Kier molecular flexibility index (Phi) is 12.1. The number of halogens is 1. The lowest BCUT2D eigenvalue weighted by Gasteiger charge is -2.37. The fourth-order valence-corrected chi connectivity index (χ4v) is 3.41. The number of alkyl halides is 1. The lowest BCUT2D eigenvalue weighted by atomic mass is 9.87. The van der Waals surface area contributed by atoms with E-state index in [-0.39, 0.29) is 0 Å². The number of aliphatic hydroxyl groups excluding tert-OH is 2. The summed E-state index contributed by atoms with van der Waals surface area (Å²) in [5.41, 5.74) is -4.57. The zero-order valence-corrected chi connectivity index (χ0v) is 20.1. The number of carbonyl (C=O) groups excluding carboxylic acids is 2. The van der Waals surface area contributed by atoms with Crippen molar-refractivity contribution in [2.45, 2.75) is 24.9 Å². The van der Waals surface area contributed by atoms with E-state index < -0.39 is 82.1 Å². The molecular weight excluding hydrogens is 522 g/mol. The van der Waals surface area contributed by atoms with Gasteiger partial charge < -0.3 is 34.3 Å². The van der Waals surface area contributed by atoms with E-state index in [4.69, 9.17) is 4.52 Å². The highest BCUT2D eigenvalue weighted by molar-refractivity contribution is 7.48. The number of hydrogen-bond donors (Lipinski definition) is 4. The lowest BCUT2D eigenvalue weighted by Crippen LogP contribution is -2.54. The quantitative estimate of drug-likeness (QED) is 0.129. The van der Waals surface area contributed by atoms with Crippen LogP contribution < -0.4 is 11.2 Å². The van der Waals surface area contributed by atoms with Gasteiger partial charge in [0.1, 0.15) is 5.60 Å². The van der Waals surface area contributed by atoms with Crippen molar-refractivity contribution >= 4 is 20.1 Å². The molecule has 17 nitrogen and oxygen atoms in total. The minimum atomic E-state index is -4.79. The van der Waals surface area contributed by atoms with Crippen molar-refractivity contribution in [1.82, 2.24) is 9.55 Å². The predicted octanol–water partition coefficient (Wildman–Crippen LogP) is -0.636. The van der Waals surface area contributed by atoms with Crippen LogP contribution in [0.1, 0.15) is 13.2 Å². The van der Waals surface area contributed by atoms with Gasteiger partial charge in [0.25, 0.3) is 5.56 Å². The fraction of sp³-hybridized carbons (Fsp3) is 0.647. The molecule has 0 aliphatic heterocycles. The Morgan fingerprint density at radius 2 is 1.64 bits per heavy atom. The lowest BCUT2D eigenvalue weighted by molar-refractivity contribution is -0.184. The van der Waals surface area contributed by atoms with Gasteiger partial charge in [-0.05, 0) is 6.92 Å². The highest BCUT2D eigenvalue weighted by atomic mass is 31.2. The number of nitrogens with one attached hydrogen (secondary N) is 1. The molecule has 0 saturated carbocycles. The molecule has 206 valence electrons. The van der Waals surface area contributed by atoms with E-state index in [2.05, 4.69) is 28.0 Å². The molecule has 1 aromatic rings. The third-order valence-corrected chi connectivity index (χ3v) is 5.74. The predicted molar refractivity (Wildman–Crippen MR) is 111 cm³/mol. The number of nitrogens with zero attached hydrogens (tertiary/aromatic N) is 1. The molecule has 36 heavy (non-hydrogen) atoms. The van der Waals surface area contributed by atoms with Crippen molar-refractivity contribution in [3.8, 4) is 0 Å². The van der Waals surface area contributed by atoms with Gasteiger partial charge in [0, 0.05) is 18.2 Å². The van der Waals surface area contributed by atoms with E-state index in [1.165, 1.54) is 0 Å². The SMILES string of the molecule is COC(=O)OCOP(=O)(OCOC(=O)OC)OC[C@H](CF)[C@@H](O)[C@@](C)(O)[C@@H](O)n1ccc(=O)[nH]c1=O. The van der Waals surface area contributed by atoms with Gasteiger partial charge in [0.15, 0.2) is 6.23 Å². The molecule has 0 aliphatic carbocycles. The molecule has 1 aromatic heterocycles. The summed E-state index contributed by atoms with van der Waals surface area (Å²) in [6.07, 6.45) is -6.03. The van der Waals surface area contributed by atoms with Crippen LogP contribution >= 0.6 is 7.82 Å². The molecule has 0 radical (unpaired) electrons. The highest BCUT2D eigenvalue weighted by Crippen LogP contribution is 2.50. The maximum absolute atomic E-state index is 13.7. The molecule has 19 heteroatoms. The maximum atomic E-state index is 13.7. The number of aliphatic hydroxyl groups is 3. The van der Waals surface area contributed by atoms with Crippen molar-refractivity contribution in [2.75, 3.05) is 41.1 Å². The first-order chi connectivity index (χ1) is 16.8. The fourth-order valence-electron chi connectivity index (χ4n) is 2.45. The van der Waals surface area contributed by atoms with Crippen LogP contribution in [0, 0.1) is 5.92 Å². The second kappa shape index (κ2) is 14.0. The van der Waals surface area contributed by atoms with Gasteiger partial charge >= 0.3 is 25.8 Å². The zero-order valence-electron chi connectivity index (χ0n) is 19.2. The number of ether oxygens (including phenoxy) is 4. The van der Waals surface area contributed by atoms with Crippen LogP contribution in [0.4, 0.5) is 14.0 Å². The summed E-state index contributed by atoms with van der Waals surface area (Å²) in [5, 5.41) is 31.5. The van der Waals surface area contributed by atoms with Gasteiger partial charge in [-0.25, -0.2) is 28.0 Å².